The van der Waals surface area contributed by atoms with Crippen LogP contribution in [0.5, 0.6) is 0 Å². The Morgan fingerprint density at radius 3 is 2.54 bits per heavy atom. The maximum absolute atomic E-state index is 5.43. The molecule has 134 valence electrons. The molecule has 1 heterocycles. The minimum Gasteiger partial charge on any atom is -0.381 e. The van der Waals surface area contributed by atoms with Gasteiger partial charge in [0.15, 0.2) is 5.96 Å². The summed E-state index contributed by atoms with van der Waals surface area (Å²) in [6, 6.07) is 8.49. The van der Waals surface area contributed by atoms with Crippen LogP contribution in [-0.4, -0.2) is 51.8 Å². The molecule has 1 aromatic carbocycles. The number of nitrogens with one attached hydrogen (secondary N) is 1. The van der Waals surface area contributed by atoms with Crippen LogP contribution in [0.1, 0.15) is 30.4 Å². The molecule has 1 N–H and O–H groups in total. The molecule has 5 nitrogen and oxygen atoms in total. The SMILES string of the molecule is CN=C(NCc1ccc(COC)cc1)N(C)CCC1CCOCC1. The lowest BCUT2D eigenvalue weighted by atomic mass is 9.96. The number of aliphatic imine (C=N–C) groups is 1. The van der Waals surface area contributed by atoms with Gasteiger partial charge >= 0.3 is 0 Å². The lowest BCUT2D eigenvalue weighted by Crippen LogP contribution is -2.39. The third-order valence-corrected chi connectivity index (χ3v) is 4.57. The van der Waals surface area contributed by atoms with Crippen molar-refractivity contribution in [3.8, 4) is 0 Å². The van der Waals surface area contributed by atoms with Crippen LogP contribution in [0.2, 0.25) is 0 Å². The van der Waals surface area contributed by atoms with Gasteiger partial charge in [0.25, 0.3) is 0 Å². The summed E-state index contributed by atoms with van der Waals surface area (Å²) in [5.41, 5.74) is 2.44. The Morgan fingerprint density at radius 2 is 1.92 bits per heavy atom. The van der Waals surface area contributed by atoms with Crippen LogP contribution in [0.15, 0.2) is 29.3 Å². The second-order valence-electron chi connectivity index (χ2n) is 6.42. The van der Waals surface area contributed by atoms with Gasteiger partial charge in [0.1, 0.15) is 0 Å². The summed E-state index contributed by atoms with van der Waals surface area (Å²) in [6.07, 6.45) is 3.58. The van der Waals surface area contributed by atoms with E-state index in [0.29, 0.717) is 6.61 Å². The topological polar surface area (TPSA) is 46.1 Å². The average Bonchev–Trinajstić information content (AvgIpc) is 2.63. The number of hydrogen-bond acceptors (Lipinski definition) is 3. The van der Waals surface area contributed by atoms with Gasteiger partial charge in [-0.25, -0.2) is 0 Å². The monoisotopic (exact) mass is 333 g/mol. The second-order valence-corrected chi connectivity index (χ2v) is 6.42. The Morgan fingerprint density at radius 1 is 1.25 bits per heavy atom. The molecule has 0 saturated carbocycles. The molecular weight excluding hydrogens is 302 g/mol. The molecule has 1 aliphatic rings. The molecule has 0 radical (unpaired) electrons. The Labute approximate surface area is 146 Å². The molecule has 5 heteroatoms. The first-order chi connectivity index (χ1) is 11.7. The van der Waals surface area contributed by atoms with Gasteiger partial charge in [-0.05, 0) is 36.3 Å². The largest absolute Gasteiger partial charge is 0.381 e. The maximum Gasteiger partial charge on any atom is 0.193 e. The van der Waals surface area contributed by atoms with E-state index in [2.05, 4.69) is 46.5 Å². The second kappa shape index (κ2) is 10.3. The molecule has 0 aromatic heterocycles. The Balaban J connectivity index is 1.76. The maximum atomic E-state index is 5.43. The fourth-order valence-corrected chi connectivity index (χ4v) is 3.00. The van der Waals surface area contributed by atoms with Crippen molar-refractivity contribution in [2.24, 2.45) is 10.9 Å². The number of hydrogen-bond donors (Lipinski definition) is 1. The minimum atomic E-state index is 0.657. The summed E-state index contributed by atoms with van der Waals surface area (Å²) in [4.78, 5) is 6.62. The molecule has 1 fully saturated rings. The van der Waals surface area contributed by atoms with Gasteiger partial charge in [-0.1, -0.05) is 24.3 Å². The van der Waals surface area contributed by atoms with Crippen molar-refractivity contribution >= 4 is 5.96 Å². The molecule has 2 rings (SSSR count). The van der Waals surface area contributed by atoms with Crippen LogP contribution in [0.4, 0.5) is 0 Å². The van der Waals surface area contributed by atoms with E-state index >= 15 is 0 Å². The van der Waals surface area contributed by atoms with E-state index in [1.54, 1.807) is 7.11 Å². The molecule has 0 amide bonds. The minimum absolute atomic E-state index is 0.657. The van der Waals surface area contributed by atoms with E-state index in [0.717, 1.165) is 38.2 Å². The number of rotatable bonds is 7. The molecular formula is C19H31N3O2. The van der Waals surface area contributed by atoms with Gasteiger partial charge in [0, 0.05) is 47.5 Å². The van der Waals surface area contributed by atoms with Crippen LogP contribution in [0, 0.1) is 5.92 Å². The number of benzene rings is 1. The average molecular weight is 333 g/mol. The fraction of sp³-hybridized carbons (Fsp3) is 0.632. The number of nitrogens with zero attached hydrogens (tertiary/aromatic N) is 2. The third-order valence-electron chi connectivity index (χ3n) is 4.57. The van der Waals surface area contributed by atoms with Gasteiger partial charge in [0.05, 0.1) is 6.61 Å². The molecule has 0 unspecified atom stereocenters. The lowest BCUT2D eigenvalue weighted by Gasteiger charge is -2.26. The highest BCUT2D eigenvalue weighted by molar-refractivity contribution is 5.79. The Kier molecular flexibility index (Phi) is 8.05. The number of ether oxygens (including phenoxy) is 2. The summed E-state index contributed by atoms with van der Waals surface area (Å²) < 4.78 is 10.6. The number of methoxy groups -OCH3 is 1. The zero-order valence-electron chi connectivity index (χ0n) is 15.3. The van der Waals surface area contributed by atoms with E-state index in [4.69, 9.17) is 9.47 Å². The van der Waals surface area contributed by atoms with E-state index in [1.165, 1.54) is 30.4 Å². The van der Waals surface area contributed by atoms with Crippen molar-refractivity contribution in [1.29, 1.82) is 0 Å². The van der Waals surface area contributed by atoms with Crippen LogP contribution < -0.4 is 5.32 Å². The summed E-state index contributed by atoms with van der Waals surface area (Å²) in [7, 11) is 5.67. The van der Waals surface area contributed by atoms with E-state index in [9.17, 15) is 0 Å². The third kappa shape index (κ3) is 6.13. The molecule has 0 atom stereocenters. The lowest BCUT2D eigenvalue weighted by molar-refractivity contribution is 0.0625. The highest BCUT2D eigenvalue weighted by atomic mass is 16.5. The summed E-state index contributed by atoms with van der Waals surface area (Å²) in [5.74, 6) is 1.73. The highest BCUT2D eigenvalue weighted by Gasteiger charge is 2.15. The quantitative estimate of drug-likeness (QED) is 0.615. The van der Waals surface area contributed by atoms with Crippen LogP contribution in [0.25, 0.3) is 0 Å². The molecule has 1 aromatic rings. The van der Waals surface area contributed by atoms with E-state index in [-0.39, 0.29) is 0 Å². The van der Waals surface area contributed by atoms with E-state index < -0.39 is 0 Å². The van der Waals surface area contributed by atoms with Crippen molar-refractivity contribution < 1.29 is 9.47 Å². The molecule has 24 heavy (non-hydrogen) atoms. The zero-order valence-corrected chi connectivity index (χ0v) is 15.3. The predicted molar refractivity (Wildman–Crippen MR) is 98.1 cm³/mol. The van der Waals surface area contributed by atoms with E-state index in [1.807, 2.05) is 7.05 Å². The summed E-state index contributed by atoms with van der Waals surface area (Å²) >= 11 is 0. The summed E-state index contributed by atoms with van der Waals surface area (Å²) in [5, 5.41) is 3.44. The van der Waals surface area contributed by atoms with Crippen molar-refractivity contribution in [3.63, 3.8) is 0 Å². The van der Waals surface area contributed by atoms with Crippen LogP contribution in [-0.2, 0) is 22.6 Å². The van der Waals surface area contributed by atoms with Crippen LogP contribution in [0.3, 0.4) is 0 Å². The molecule has 1 saturated heterocycles. The molecule has 0 aliphatic carbocycles. The first kappa shape index (κ1) is 18.7. The normalized spacial score (nSPS) is 16.2. The summed E-state index contributed by atoms with van der Waals surface area (Å²) in [6.45, 7) is 4.30. The van der Waals surface area contributed by atoms with Gasteiger partial charge in [-0.3, -0.25) is 4.99 Å². The first-order valence-electron chi connectivity index (χ1n) is 8.79. The molecule has 1 aliphatic heterocycles. The fourth-order valence-electron chi connectivity index (χ4n) is 3.00. The van der Waals surface area contributed by atoms with Crippen molar-refractivity contribution in [1.82, 2.24) is 10.2 Å². The zero-order chi connectivity index (χ0) is 17.2. The smallest absolute Gasteiger partial charge is 0.193 e. The standard InChI is InChI=1S/C19H31N3O2/c1-20-19(22(2)11-8-16-9-12-24-13-10-16)21-14-17-4-6-18(7-5-17)15-23-3/h4-7,16H,8-15H2,1-3H3,(H,20,21). The predicted octanol–water partition coefficient (Wildman–Crippen LogP) is 2.66. The Bertz CT molecular complexity index is 496. The van der Waals surface area contributed by atoms with Crippen molar-refractivity contribution in [2.45, 2.75) is 32.4 Å². The number of guanidine groups is 1. The van der Waals surface area contributed by atoms with Crippen molar-refractivity contribution in [2.75, 3.05) is 41.0 Å². The first-order valence-corrected chi connectivity index (χ1v) is 8.79. The van der Waals surface area contributed by atoms with Gasteiger partial charge in [-0.15, -0.1) is 0 Å². The van der Waals surface area contributed by atoms with Gasteiger partial charge in [-0.2, -0.15) is 0 Å². The van der Waals surface area contributed by atoms with Gasteiger partial charge < -0.3 is 19.7 Å². The molecule has 0 spiro atoms. The Hall–Kier alpha value is -1.59. The highest BCUT2D eigenvalue weighted by Crippen LogP contribution is 2.18. The van der Waals surface area contributed by atoms with Gasteiger partial charge in [0.2, 0.25) is 0 Å². The van der Waals surface area contributed by atoms with Crippen molar-refractivity contribution in [3.05, 3.63) is 35.4 Å². The molecule has 0 bridgehead atoms. The van der Waals surface area contributed by atoms with Crippen LogP contribution >= 0.6 is 0 Å².